The van der Waals surface area contributed by atoms with E-state index in [2.05, 4.69) is 9.72 Å². The number of ether oxygens (including phenoxy) is 1. The van der Waals surface area contributed by atoms with E-state index < -0.39 is 11.9 Å². The highest BCUT2D eigenvalue weighted by Gasteiger charge is 2.22. The summed E-state index contributed by atoms with van der Waals surface area (Å²) in [5.74, 6) is -1.51. The van der Waals surface area contributed by atoms with Gasteiger partial charge in [0.25, 0.3) is 0 Å². The fraction of sp³-hybridized carbons (Fsp3) is 0.188. The summed E-state index contributed by atoms with van der Waals surface area (Å²) >= 11 is 0. The Bertz CT molecular complexity index is 642. The normalized spacial score (nSPS) is 16.1. The predicted molar refractivity (Wildman–Crippen MR) is 77.3 cm³/mol. The van der Waals surface area contributed by atoms with Crippen LogP contribution in [0.1, 0.15) is 18.4 Å². The summed E-state index contributed by atoms with van der Waals surface area (Å²) < 4.78 is 4.61. The van der Waals surface area contributed by atoms with E-state index >= 15 is 0 Å². The topological polar surface area (TPSA) is 76.5 Å². The standard InChI is InChI=1S/C16H15NO4/c1-21-14(18)9-13-6-2-5-12(15(13)16(19)20)8-11-4-3-7-17-10-11/h2-4,6-8,10H,5,9H2,1H3,(H,19,20). The third-order valence-corrected chi connectivity index (χ3v) is 3.10. The van der Waals surface area contributed by atoms with Gasteiger partial charge in [-0.05, 0) is 35.3 Å². The van der Waals surface area contributed by atoms with Crippen molar-refractivity contribution < 1.29 is 19.4 Å². The molecule has 1 heterocycles. The van der Waals surface area contributed by atoms with Crippen molar-refractivity contribution in [1.82, 2.24) is 4.98 Å². The second-order valence-corrected chi connectivity index (χ2v) is 4.52. The third kappa shape index (κ3) is 3.66. The van der Waals surface area contributed by atoms with Crippen LogP contribution in [0.4, 0.5) is 0 Å². The lowest BCUT2D eigenvalue weighted by Crippen LogP contribution is -2.12. The zero-order valence-electron chi connectivity index (χ0n) is 11.6. The van der Waals surface area contributed by atoms with E-state index in [1.807, 2.05) is 12.1 Å². The summed E-state index contributed by atoms with van der Waals surface area (Å²) in [5.41, 5.74) is 2.08. The van der Waals surface area contributed by atoms with Gasteiger partial charge in [-0.2, -0.15) is 0 Å². The van der Waals surface area contributed by atoms with E-state index in [1.165, 1.54) is 7.11 Å². The summed E-state index contributed by atoms with van der Waals surface area (Å²) in [7, 11) is 1.28. The number of aromatic nitrogens is 1. The van der Waals surface area contributed by atoms with Crippen molar-refractivity contribution in [3.63, 3.8) is 0 Å². The highest BCUT2D eigenvalue weighted by atomic mass is 16.5. The lowest BCUT2D eigenvalue weighted by molar-refractivity contribution is -0.139. The van der Waals surface area contributed by atoms with E-state index in [4.69, 9.17) is 0 Å². The fourth-order valence-corrected chi connectivity index (χ4v) is 2.16. The second kappa shape index (κ2) is 6.65. The lowest BCUT2D eigenvalue weighted by atomic mass is 9.89. The molecule has 21 heavy (non-hydrogen) atoms. The maximum Gasteiger partial charge on any atom is 0.336 e. The number of carboxylic acids is 1. The Balaban J connectivity index is 2.42. The average molecular weight is 285 g/mol. The summed E-state index contributed by atoms with van der Waals surface area (Å²) in [6.45, 7) is 0. The first-order valence-electron chi connectivity index (χ1n) is 6.42. The number of allylic oxidation sites excluding steroid dienone is 2. The molecular formula is C16H15NO4. The number of methoxy groups -OCH3 is 1. The Morgan fingerprint density at radius 1 is 1.48 bits per heavy atom. The maximum absolute atomic E-state index is 11.5. The molecule has 2 rings (SSSR count). The monoisotopic (exact) mass is 285 g/mol. The Hall–Kier alpha value is -2.69. The van der Waals surface area contributed by atoms with Crippen LogP contribution in [0.3, 0.4) is 0 Å². The molecule has 0 saturated carbocycles. The minimum absolute atomic E-state index is 0.0565. The van der Waals surface area contributed by atoms with Crippen LogP contribution in [-0.4, -0.2) is 29.1 Å². The zero-order valence-corrected chi connectivity index (χ0v) is 11.6. The van der Waals surface area contributed by atoms with Crippen LogP contribution in [0, 0.1) is 0 Å². The van der Waals surface area contributed by atoms with Crippen LogP contribution in [0.2, 0.25) is 0 Å². The van der Waals surface area contributed by atoms with Gasteiger partial charge in [0.2, 0.25) is 0 Å². The highest BCUT2D eigenvalue weighted by Crippen LogP contribution is 2.28. The Morgan fingerprint density at radius 3 is 2.90 bits per heavy atom. The number of carbonyl (C=O) groups excluding carboxylic acids is 1. The van der Waals surface area contributed by atoms with Crippen molar-refractivity contribution >= 4 is 18.0 Å². The minimum Gasteiger partial charge on any atom is -0.478 e. The molecule has 0 aliphatic heterocycles. The van der Waals surface area contributed by atoms with Crippen LogP contribution in [-0.2, 0) is 14.3 Å². The van der Waals surface area contributed by atoms with Gasteiger partial charge in [-0.15, -0.1) is 0 Å². The molecule has 1 aliphatic carbocycles. The Morgan fingerprint density at radius 2 is 2.29 bits per heavy atom. The molecule has 5 nitrogen and oxygen atoms in total. The molecule has 0 saturated heterocycles. The van der Waals surface area contributed by atoms with Crippen LogP contribution in [0.15, 0.2) is 53.4 Å². The van der Waals surface area contributed by atoms with E-state index in [0.29, 0.717) is 17.6 Å². The summed E-state index contributed by atoms with van der Waals surface area (Å²) in [4.78, 5) is 26.9. The van der Waals surface area contributed by atoms with Gasteiger partial charge in [-0.1, -0.05) is 18.2 Å². The molecule has 0 unspecified atom stereocenters. The van der Waals surface area contributed by atoms with Crippen LogP contribution >= 0.6 is 0 Å². The molecular weight excluding hydrogens is 270 g/mol. The summed E-state index contributed by atoms with van der Waals surface area (Å²) in [6.07, 6.45) is 9.04. The van der Waals surface area contributed by atoms with Gasteiger partial charge in [0.1, 0.15) is 0 Å². The van der Waals surface area contributed by atoms with Crippen molar-refractivity contribution in [2.24, 2.45) is 0 Å². The zero-order chi connectivity index (χ0) is 15.2. The molecule has 1 aromatic rings. The molecule has 0 amide bonds. The molecule has 108 valence electrons. The van der Waals surface area contributed by atoms with Gasteiger partial charge in [-0.25, -0.2) is 4.79 Å². The number of carboxylic acid groups (broad SMARTS) is 1. The highest BCUT2D eigenvalue weighted by molar-refractivity contribution is 5.97. The molecule has 0 fully saturated rings. The Kier molecular flexibility index (Phi) is 4.66. The molecule has 5 heteroatoms. The molecule has 0 bridgehead atoms. The van der Waals surface area contributed by atoms with Crippen LogP contribution in [0.25, 0.3) is 6.08 Å². The smallest absolute Gasteiger partial charge is 0.336 e. The lowest BCUT2D eigenvalue weighted by Gasteiger charge is -2.15. The van der Waals surface area contributed by atoms with Crippen molar-refractivity contribution in [3.8, 4) is 0 Å². The van der Waals surface area contributed by atoms with E-state index in [9.17, 15) is 14.7 Å². The number of hydrogen-bond acceptors (Lipinski definition) is 4. The number of rotatable bonds is 4. The number of esters is 1. The Labute approximate surface area is 122 Å². The molecule has 1 N–H and O–H groups in total. The fourth-order valence-electron chi connectivity index (χ4n) is 2.16. The molecule has 0 spiro atoms. The van der Waals surface area contributed by atoms with Gasteiger partial charge in [0.15, 0.2) is 0 Å². The van der Waals surface area contributed by atoms with Crippen LogP contribution in [0.5, 0.6) is 0 Å². The van der Waals surface area contributed by atoms with E-state index in [0.717, 1.165) is 5.56 Å². The number of carbonyl (C=O) groups is 2. The molecule has 0 aromatic carbocycles. The van der Waals surface area contributed by atoms with Gasteiger partial charge >= 0.3 is 11.9 Å². The maximum atomic E-state index is 11.5. The van der Waals surface area contributed by atoms with Crippen molar-refractivity contribution in [1.29, 1.82) is 0 Å². The summed E-state index contributed by atoms with van der Waals surface area (Å²) in [5, 5.41) is 9.44. The minimum atomic E-state index is -1.05. The first-order chi connectivity index (χ1) is 10.1. The second-order valence-electron chi connectivity index (χ2n) is 4.52. The van der Waals surface area contributed by atoms with Gasteiger partial charge in [-0.3, -0.25) is 9.78 Å². The van der Waals surface area contributed by atoms with Crippen molar-refractivity contribution in [3.05, 3.63) is 59.0 Å². The largest absolute Gasteiger partial charge is 0.478 e. The van der Waals surface area contributed by atoms with Crippen molar-refractivity contribution in [2.45, 2.75) is 12.8 Å². The van der Waals surface area contributed by atoms with Gasteiger partial charge in [0, 0.05) is 12.4 Å². The number of nitrogens with zero attached hydrogens (tertiary/aromatic N) is 1. The number of aliphatic carboxylic acids is 1. The predicted octanol–water partition coefficient (Wildman–Crippen LogP) is 2.37. The number of hydrogen-bond donors (Lipinski definition) is 1. The third-order valence-electron chi connectivity index (χ3n) is 3.10. The van der Waals surface area contributed by atoms with E-state index in [-0.39, 0.29) is 12.0 Å². The van der Waals surface area contributed by atoms with Gasteiger partial charge in [0.05, 0.1) is 19.1 Å². The van der Waals surface area contributed by atoms with Gasteiger partial charge < -0.3 is 9.84 Å². The quantitative estimate of drug-likeness (QED) is 0.859. The summed E-state index contributed by atoms with van der Waals surface area (Å²) in [6, 6.07) is 3.63. The first kappa shape index (κ1) is 14.7. The molecule has 0 radical (unpaired) electrons. The van der Waals surface area contributed by atoms with Crippen molar-refractivity contribution in [2.75, 3.05) is 7.11 Å². The van der Waals surface area contributed by atoms with Crippen LogP contribution < -0.4 is 0 Å². The van der Waals surface area contributed by atoms with E-state index in [1.54, 1.807) is 30.6 Å². The SMILES string of the molecule is COC(=O)CC1=C(C(=O)O)C(=Cc2cccnc2)CC=C1. The molecule has 1 aromatic heterocycles. The number of pyridine rings is 1. The first-order valence-corrected chi connectivity index (χ1v) is 6.42. The molecule has 0 atom stereocenters. The average Bonchev–Trinajstić information content (AvgIpc) is 2.48. The molecule has 1 aliphatic rings.